The van der Waals surface area contributed by atoms with Crippen molar-refractivity contribution in [2.24, 2.45) is 0 Å². The van der Waals surface area contributed by atoms with Crippen molar-refractivity contribution in [1.29, 1.82) is 0 Å². The lowest BCUT2D eigenvalue weighted by Gasteiger charge is -2.28. The van der Waals surface area contributed by atoms with Crippen LogP contribution in [0, 0.1) is 0 Å². The molecule has 1 amide bonds. The van der Waals surface area contributed by atoms with Crippen LogP contribution in [0.5, 0.6) is 0 Å². The Morgan fingerprint density at radius 1 is 1.20 bits per heavy atom. The molecule has 110 valence electrons. The SMILES string of the molecule is CCc1ccc(CCC(=O)N[C@H]2CCCC[C@@H]2O)cc1. The summed E-state index contributed by atoms with van der Waals surface area (Å²) < 4.78 is 0. The number of rotatable bonds is 5. The summed E-state index contributed by atoms with van der Waals surface area (Å²) in [5.74, 6) is 0.0514. The molecule has 1 aliphatic rings. The summed E-state index contributed by atoms with van der Waals surface area (Å²) in [6.45, 7) is 2.14. The third-order valence-electron chi connectivity index (χ3n) is 4.15. The van der Waals surface area contributed by atoms with Gasteiger partial charge in [0, 0.05) is 6.42 Å². The number of aryl methyl sites for hydroxylation is 2. The molecule has 20 heavy (non-hydrogen) atoms. The quantitative estimate of drug-likeness (QED) is 0.868. The number of hydrogen-bond acceptors (Lipinski definition) is 2. The molecule has 1 fully saturated rings. The van der Waals surface area contributed by atoms with Crippen LogP contribution in [0.1, 0.15) is 50.2 Å². The van der Waals surface area contributed by atoms with E-state index in [1.165, 1.54) is 11.1 Å². The van der Waals surface area contributed by atoms with Crippen LogP contribution in [0.15, 0.2) is 24.3 Å². The van der Waals surface area contributed by atoms with E-state index in [0.29, 0.717) is 6.42 Å². The molecule has 0 spiro atoms. The van der Waals surface area contributed by atoms with Gasteiger partial charge in [-0.2, -0.15) is 0 Å². The van der Waals surface area contributed by atoms with Gasteiger partial charge in [-0.05, 0) is 36.8 Å². The molecule has 1 saturated carbocycles. The molecule has 1 aromatic carbocycles. The van der Waals surface area contributed by atoms with Gasteiger partial charge in [-0.1, -0.05) is 44.0 Å². The lowest BCUT2D eigenvalue weighted by Crippen LogP contribution is -2.45. The molecule has 2 atom stereocenters. The van der Waals surface area contributed by atoms with E-state index >= 15 is 0 Å². The number of nitrogens with one attached hydrogen (secondary N) is 1. The zero-order chi connectivity index (χ0) is 14.4. The van der Waals surface area contributed by atoms with E-state index in [1.807, 2.05) is 0 Å². The Bertz CT molecular complexity index is 427. The lowest BCUT2D eigenvalue weighted by atomic mass is 9.92. The zero-order valence-corrected chi connectivity index (χ0v) is 12.3. The Hall–Kier alpha value is -1.35. The Labute approximate surface area is 121 Å². The molecule has 0 aliphatic heterocycles. The third-order valence-corrected chi connectivity index (χ3v) is 4.15. The molecule has 3 heteroatoms. The average Bonchev–Trinajstić information content (AvgIpc) is 2.48. The maximum atomic E-state index is 11.9. The second kappa shape index (κ2) is 7.44. The van der Waals surface area contributed by atoms with Crippen LogP contribution in [0.25, 0.3) is 0 Å². The Morgan fingerprint density at radius 2 is 1.85 bits per heavy atom. The van der Waals surface area contributed by atoms with Crippen molar-refractivity contribution in [3.05, 3.63) is 35.4 Å². The van der Waals surface area contributed by atoms with Gasteiger partial charge in [0.1, 0.15) is 0 Å². The second-order valence-electron chi connectivity index (χ2n) is 5.70. The normalized spacial score (nSPS) is 22.5. The smallest absolute Gasteiger partial charge is 0.220 e. The van der Waals surface area contributed by atoms with Crippen molar-refractivity contribution in [2.45, 2.75) is 64.0 Å². The van der Waals surface area contributed by atoms with E-state index in [1.54, 1.807) is 0 Å². The number of amides is 1. The van der Waals surface area contributed by atoms with Gasteiger partial charge in [0.2, 0.25) is 5.91 Å². The van der Waals surface area contributed by atoms with Crippen LogP contribution in [0.2, 0.25) is 0 Å². The van der Waals surface area contributed by atoms with Gasteiger partial charge in [-0.15, -0.1) is 0 Å². The standard InChI is InChI=1S/C17H25NO2/c1-2-13-7-9-14(10-8-13)11-12-17(20)18-15-5-3-4-6-16(15)19/h7-10,15-16,19H,2-6,11-12H2,1H3,(H,18,20)/t15-,16-/m0/s1. The van der Waals surface area contributed by atoms with Gasteiger partial charge < -0.3 is 10.4 Å². The minimum atomic E-state index is -0.364. The van der Waals surface area contributed by atoms with Crippen LogP contribution >= 0.6 is 0 Å². The topological polar surface area (TPSA) is 49.3 Å². The minimum Gasteiger partial charge on any atom is -0.391 e. The molecule has 2 N–H and O–H groups in total. The van der Waals surface area contributed by atoms with Gasteiger partial charge in [-0.25, -0.2) is 0 Å². The first-order valence-electron chi connectivity index (χ1n) is 7.74. The number of hydrogen-bond donors (Lipinski definition) is 2. The Kier molecular flexibility index (Phi) is 5.60. The molecule has 1 aromatic rings. The van der Waals surface area contributed by atoms with Gasteiger partial charge in [0.15, 0.2) is 0 Å². The summed E-state index contributed by atoms with van der Waals surface area (Å²) in [4.78, 5) is 11.9. The molecular formula is C17H25NO2. The van der Waals surface area contributed by atoms with Gasteiger partial charge in [-0.3, -0.25) is 4.79 Å². The molecule has 0 heterocycles. The van der Waals surface area contributed by atoms with Crippen molar-refractivity contribution < 1.29 is 9.90 Å². The first kappa shape index (κ1) is 15.0. The van der Waals surface area contributed by atoms with Crippen molar-refractivity contribution in [3.63, 3.8) is 0 Å². The highest BCUT2D eigenvalue weighted by molar-refractivity contribution is 5.76. The first-order valence-corrected chi connectivity index (χ1v) is 7.74. The fourth-order valence-electron chi connectivity index (χ4n) is 2.76. The molecule has 0 aromatic heterocycles. The number of carbonyl (C=O) groups excluding carboxylic acids is 1. The number of benzene rings is 1. The summed E-state index contributed by atoms with van der Waals surface area (Å²) >= 11 is 0. The number of aliphatic hydroxyl groups is 1. The Balaban J connectivity index is 1.76. The van der Waals surface area contributed by atoms with Crippen molar-refractivity contribution in [1.82, 2.24) is 5.32 Å². The lowest BCUT2D eigenvalue weighted by molar-refractivity contribution is -0.123. The van der Waals surface area contributed by atoms with Crippen molar-refractivity contribution in [2.75, 3.05) is 0 Å². The molecular weight excluding hydrogens is 250 g/mol. The van der Waals surface area contributed by atoms with Crippen LogP contribution in [-0.2, 0) is 17.6 Å². The van der Waals surface area contributed by atoms with E-state index in [4.69, 9.17) is 0 Å². The van der Waals surface area contributed by atoms with E-state index in [2.05, 4.69) is 36.5 Å². The fraction of sp³-hybridized carbons (Fsp3) is 0.588. The fourth-order valence-corrected chi connectivity index (χ4v) is 2.76. The largest absolute Gasteiger partial charge is 0.391 e. The predicted molar refractivity (Wildman–Crippen MR) is 80.5 cm³/mol. The second-order valence-corrected chi connectivity index (χ2v) is 5.70. The Morgan fingerprint density at radius 3 is 2.50 bits per heavy atom. The van der Waals surface area contributed by atoms with E-state index in [9.17, 15) is 9.90 Å². The van der Waals surface area contributed by atoms with E-state index in [0.717, 1.165) is 38.5 Å². The number of carbonyl (C=O) groups is 1. The first-order chi connectivity index (χ1) is 9.69. The van der Waals surface area contributed by atoms with Crippen LogP contribution < -0.4 is 5.32 Å². The van der Waals surface area contributed by atoms with Crippen molar-refractivity contribution >= 4 is 5.91 Å². The summed E-state index contributed by atoms with van der Waals surface area (Å²) in [6, 6.07) is 8.40. The van der Waals surface area contributed by atoms with Crippen molar-refractivity contribution in [3.8, 4) is 0 Å². The molecule has 0 bridgehead atoms. The molecule has 0 unspecified atom stereocenters. The summed E-state index contributed by atoms with van der Waals surface area (Å²) in [5, 5.41) is 12.8. The zero-order valence-electron chi connectivity index (χ0n) is 12.3. The molecule has 0 radical (unpaired) electrons. The average molecular weight is 275 g/mol. The minimum absolute atomic E-state index is 0.0429. The summed E-state index contributed by atoms with van der Waals surface area (Å²) in [5.41, 5.74) is 2.52. The van der Waals surface area contributed by atoms with Gasteiger partial charge in [0.05, 0.1) is 12.1 Å². The number of aliphatic hydroxyl groups excluding tert-OH is 1. The van der Waals surface area contributed by atoms with Crippen LogP contribution in [-0.4, -0.2) is 23.2 Å². The van der Waals surface area contributed by atoms with E-state index in [-0.39, 0.29) is 18.1 Å². The monoisotopic (exact) mass is 275 g/mol. The summed E-state index contributed by atoms with van der Waals surface area (Å²) in [6.07, 6.45) is 5.81. The van der Waals surface area contributed by atoms with Gasteiger partial charge in [0.25, 0.3) is 0 Å². The maximum Gasteiger partial charge on any atom is 0.220 e. The molecule has 3 nitrogen and oxygen atoms in total. The van der Waals surface area contributed by atoms with Crippen LogP contribution in [0.4, 0.5) is 0 Å². The van der Waals surface area contributed by atoms with Gasteiger partial charge >= 0.3 is 0 Å². The highest BCUT2D eigenvalue weighted by atomic mass is 16.3. The molecule has 0 saturated heterocycles. The summed E-state index contributed by atoms with van der Waals surface area (Å²) in [7, 11) is 0. The molecule has 2 rings (SSSR count). The van der Waals surface area contributed by atoms with Crippen LogP contribution in [0.3, 0.4) is 0 Å². The maximum absolute atomic E-state index is 11.9. The van der Waals surface area contributed by atoms with E-state index < -0.39 is 0 Å². The molecule has 1 aliphatic carbocycles. The highest BCUT2D eigenvalue weighted by Crippen LogP contribution is 2.18. The third kappa shape index (κ3) is 4.34. The highest BCUT2D eigenvalue weighted by Gasteiger charge is 2.24. The predicted octanol–water partition coefficient (Wildman–Crippen LogP) is 2.60.